The standard InChI is InChI=1S/C18H28ClN3O/c1-23-18-5-4-17(19)11-16(18)14-22-9-7-21(8-10-22)13-15-3-2-6-20-12-15/h4-5,11,15,20H,2-3,6-10,12-14H2,1H3. The van der Waals surface area contributed by atoms with E-state index < -0.39 is 0 Å². The first-order valence-corrected chi connectivity index (χ1v) is 9.10. The Morgan fingerprint density at radius 2 is 2.00 bits per heavy atom. The Kier molecular flexibility index (Phi) is 6.17. The molecule has 2 aliphatic heterocycles. The van der Waals surface area contributed by atoms with Crippen LogP contribution in [0.1, 0.15) is 18.4 Å². The quantitative estimate of drug-likeness (QED) is 0.893. The van der Waals surface area contributed by atoms with Crippen LogP contribution in [-0.4, -0.2) is 62.7 Å². The van der Waals surface area contributed by atoms with Gasteiger partial charge in [0.25, 0.3) is 0 Å². The van der Waals surface area contributed by atoms with Gasteiger partial charge in [-0.05, 0) is 50.0 Å². The molecule has 23 heavy (non-hydrogen) atoms. The Hall–Kier alpha value is -0.810. The van der Waals surface area contributed by atoms with E-state index in [1.165, 1.54) is 51.1 Å². The molecule has 5 heteroatoms. The smallest absolute Gasteiger partial charge is 0.123 e. The van der Waals surface area contributed by atoms with Crippen molar-refractivity contribution in [3.8, 4) is 5.75 Å². The van der Waals surface area contributed by atoms with Crippen molar-refractivity contribution in [2.24, 2.45) is 5.92 Å². The average Bonchev–Trinajstić information content (AvgIpc) is 2.58. The van der Waals surface area contributed by atoms with Crippen molar-refractivity contribution in [1.82, 2.24) is 15.1 Å². The minimum absolute atomic E-state index is 0.782. The largest absolute Gasteiger partial charge is 0.496 e. The maximum atomic E-state index is 6.13. The Bertz CT molecular complexity index is 497. The minimum Gasteiger partial charge on any atom is -0.496 e. The van der Waals surface area contributed by atoms with Crippen LogP contribution in [0.3, 0.4) is 0 Å². The molecular weight excluding hydrogens is 310 g/mol. The zero-order chi connectivity index (χ0) is 16.1. The van der Waals surface area contributed by atoms with Crippen molar-refractivity contribution in [2.45, 2.75) is 19.4 Å². The van der Waals surface area contributed by atoms with E-state index >= 15 is 0 Å². The Morgan fingerprint density at radius 3 is 2.70 bits per heavy atom. The molecule has 0 aliphatic carbocycles. The van der Waals surface area contributed by atoms with Crippen molar-refractivity contribution < 1.29 is 4.74 Å². The third-order valence-corrected chi connectivity index (χ3v) is 5.25. The summed E-state index contributed by atoms with van der Waals surface area (Å²) in [5, 5.41) is 4.30. The highest BCUT2D eigenvalue weighted by Gasteiger charge is 2.22. The van der Waals surface area contributed by atoms with Gasteiger partial charge >= 0.3 is 0 Å². The van der Waals surface area contributed by atoms with Crippen molar-refractivity contribution in [1.29, 1.82) is 0 Å². The molecule has 0 saturated carbocycles. The zero-order valence-corrected chi connectivity index (χ0v) is 14.8. The zero-order valence-electron chi connectivity index (χ0n) is 14.1. The van der Waals surface area contributed by atoms with Gasteiger partial charge in [0, 0.05) is 49.9 Å². The van der Waals surface area contributed by atoms with E-state index in [0.717, 1.165) is 36.3 Å². The first-order chi connectivity index (χ1) is 11.2. The maximum Gasteiger partial charge on any atom is 0.123 e. The van der Waals surface area contributed by atoms with Gasteiger partial charge in [-0.25, -0.2) is 0 Å². The fraction of sp³-hybridized carbons (Fsp3) is 0.667. The highest BCUT2D eigenvalue weighted by Crippen LogP contribution is 2.24. The van der Waals surface area contributed by atoms with Gasteiger partial charge < -0.3 is 15.0 Å². The Balaban J connectivity index is 1.48. The number of benzene rings is 1. The summed E-state index contributed by atoms with van der Waals surface area (Å²) in [6.45, 7) is 9.14. The molecule has 0 bridgehead atoms. The number of nitrogens with one attached hydrogen (secondary N) is 1. The molecule has 1 N–H and O–H groups in total. The van der Waals surface area contributed by atoms with E-state index in [1.807, 2.05) is 18.2 Å². The second kappa shape index (κ2) is 8.34. The third-order valence-electron chi connectivity index (χ3n) is 5.02. The Morgan fingerprint density at radius 1 is 1.22 bits per heavy atom. The van der Waals surface area contributed by atoms with Crippen LogP contribution in [0.2, 0.25) is 5.02 Å². The van der Waals surface area contributed by atoms with Gasteiger partial charge in [-0.15, -0.1) is 0 Å². The van der Waals surface area contributed by atoms with Crippen LogP contribution < -0.4 is 10.1 Å². The molecule has 0 spiro atoms. The molecule has 128 valence electrons. The fourth-order valence-electron chi connectivity index (χ4n) is 3.69. The summed E-state index contributed by atoms with van der Waals surface area (Å²) >= 11 is 6.13. The molecule has 0 amide bonds. The highest BCUT2D eigenvalue weighted by atomic mass is 35.5. The second-order valence-electron chi connectivity index (χ2n) is 6.75. The predicted molar refractivity (Wildman–Crippen MR) is 95.3 cm³/mol. The summed E-state index contributed by atoms with van der Waals surface area (Å²) < 4.78 is 5.46. The summed E-state index contributed by atoms with van der Waals surface area (Å²) in [6, 6.07) is 5.88. The summed E-state index contributed by atoms with van der Waals surface area (Å²) in [5.41, 5.74) is 1.19. The van der Waals surface area contributed by atoms with E-state index in [-0.39, 0.29) is 0 Å². The molecule has 0 aromatic heterocycles. The fourth-order valence-corrected chi connectivity index (χ4v) is 3.88. The average molecular weight is 338 g/mol. The summed E-state index contributed by atoms with van der Waals surface area (Å²) in [5.74, 6) is 1.77. The lowest BCUT2D eigenvalue weighted by Crippen LogP contribution is -2.48. The van der Waals surface area contributed by atoms with E-state index in [1.54, 1.807) is 7.11 Å². The molecule has 2 aliphatic rings. The number of nitrogens with zero attached hydrogens (tertiary/aromatic N) is 2. The van der Waals surface area contributed by atoms with Crippen LogP contribution >= 0.6 is 11.6 Å². The number of hydrogen-bond acceptors (Lipinski definition) is 4. The third kappa shape index (κ3) is 4.83. The normalized spacial score (nSPS) is 23.8. The number of ether oxygens (including phenoxy) is 1. The number of hydrogen-bond donors (Lipinski definition) is 1. The van der Waals surface area contributed by atoms with Crippen molar-refractivity contribution in [3.05, 3.63) is 28.8 Å². The first-order valence-electron chi connectivity index (χ1n) is 8.72. The van der Waals surface area contributed by atoms with Gasteiger partial charge in [-0.1, -0.05) is 11.6 Å². The van der Waals surface area contributed by atoms with Crippen LogP contribution in [0.4, 0.5) is 0 Å². The number of rotatable bonds is 5. The van der Waals surface area contributed by atoms with Crippen LogP contribution in [-0.2, 0) is 6.54 Å². The molecule has 1 aromatic carbocycles. The second-order valence-corrected chi connectivity index (χ2v) is 7.18. The van der Waals surface area contributed by atoms with E-state index in [0.29, 0.717) is 0 Å². The van der Waals surface area contributed by atoms with Gasteiger partial charge in [0.05, 0.1) is 7.11 Å². The summed E-state index contributed by atoms with van der Waals surface area (Å²) in [6.07, 6.45) is 2.71. The van der Waals surface area contributed by atoms with E-state index in [9.17, 15) is 0 Å². The molecule has 2 saturated heterocycles. The number of piperidine rings is 1. The van der Waals surface area contributed by atoms with Crippen molar-refractivity contribution in [2.75, 3.05) is 52.9 Å². The molecule has 1 unspecified atom stereocenters. The molecule has 2 heterocycles. The molecule has 3 rings (SSSR count). The molecule has 0 radical (unpaired) electrons. The van der Waals surface area contributed by atoms with Gasteiger partial charge in [-0.2, -0.15) is 0 Å². The number of methoxy groups -OCH3 is 1. The monoisotopic (exact) mass is 337 g/mol. The van der Waals surface area contributed by atoms with Gasteiger partial charge in [-0.3, -0.25) is 4.90 Å². The van der Waals surface area contributed by atoms with Crippen LogP contribution in [0.15, 0.2) is 18.2 Å². The molecular formula is C18H28ClN3O. The first kappa shape index (κ1) is 17.0. The predicted octanol–water partition coefficient (Wildman–Crippen LogP) is 2.47. The van der Waals surface area contributed by atoms with E-state index in [2.05, 4.69) is 15.1 Å². The summed E-state index contributed by atoms with van der Waals surface area (Å²) in [4.78, 5) is 5.13. The van der Waals surface area contributed by atoms with Gasteiger partial charge in [0.2, 0.25) is 0 Å². The van der Waals surface area contributed by atoms with E-state index in [4.69, 9.17) is 16.3 Å². The topological polar surface area (TPSA) is 27.7 Å². The number of piperazine rings is 1. The maximum absolute atomic E-state index is 6.13. The lowest BCUT2D eigenvalue weighted by atomic mass is 9.99. The van der Waals surface area contributed by atoms with Gasteiger partial charge in [0.1, 0.15) is 5.75 Å². The molecule has 1 aromatic rings. The Labute approximate surface area is 144 Å². The van der Waals surface area contributed by atoms with Crippen LogP contribution in [0, 0.1) is 5.92 Å². The van der Waals surface area contributed by atoms with Crippen molar-refractivity contribution >= 4 is 11.6 Å². The molecule has 4 nitrogen and oxygen atoms in total. The van der Waals surface area contributed by atoms with Crippen LogP contribution in [0.5, 0.6) is 5.75 Å². The van der Waals surface area contributed by atoms with Crippen molar-refractivity contribution in [3.63, 3.8) is 0 Å². The highest BCUT2D eigenvalue weighted by molar-refractivity contribution is 6.30. The van der Waals surface area contributed by atoms with Crippen LogP contribution in [0.25, 0.3) is 0 Å². The lowest BCUT2D eigenvalue weighted by molar-refractivity contribution is 0.107. The number of halogens is 1. The SMILES string of the molecule is COc1ccc(Cl)cc1CN1CCN(CC2CCCNC2)CC1. The minimum atomic E-state index is 0.782. The lowest BCUT2D eigenvalue weighted by Gasteiger charge is -2.37. The summed E-state index contributed by atoms with van der Waals surface area (Å²) in [7, 11) is 1.73. The molecule has 1 atom stereocenters. The molecule has 2 fully saturated rings. The van der Waals surface area contributed by atoms with Gasteiger partial charge in [0.15, 0.2) is 0 Å².